The van der Waals surface area contributed by atoms with Crippen LogP contribution >= 0.6 is 11.3 Å². The molecular weight excluding hydrogens is 410 g/mol. The van der Waals surface area contributed by atoms with Gasteiger partial charge in [0.1, 0.15) is 5.82 Å². The lowest BCUT2D eigenvalue weighted by molar-refractivity contribution is -0.127. The van der Waals surface area contributed by atoms with Crippen molar-refractivity contribution >= 4 is 34.1 Å². The number of carbonyl (C=O) groups is 1. The standard InChI is InChI=1S/C22H31N7OS/c1-3-20(30)29-11-7-8-17(15-29)24-21-25-18(14-28-9-5-4-6-10-28)12-19(26-21)27-22-23-13-16(2)31-22/h3,12-13,17H,1,4-11,14-15H2,2H3,(H2,23,24,25,26,27)/t17-/m0/s1. The molecule has 0 unspecified atom stereocenters. The van der Waals surface area contributed by atoms with Crippen LogP contribution in [0, 0.1) is 6.92 Å². The molecule has 2 N–H and O–H groups in total. The molecule has 0 radical (unpaired) electrons. The summed E-state index contributed by atoms with van der Waals surface area (Å²) >= 11 is 1.60. The minimum Gasteiger partial charge on any atom is -0.350 e. The predicted octanol–water partition coefficient (Wildman–Crippen LogP) is 3.56. The zero-order valence-corrected chi connectivity index (χ0v) is 19.0. The van der Waals surface area contributed by atoms with Gasteiger partial charge in [0.15, 0.2) is 5.13 Å². The fraction of sp³-hybridized carbons (Fsp3) is 0.545. The van der Waals surface area contributed by atoms with Gasteiger partial charge < -0.3 is 15.5 Å². The molecule has 9 heteroatoms. The van der Waals surface area contributed by atoms with Crippen molar-refractivity contribution in [2.45, 2.75) is 51.6 Å². The first-order chi connectivity index (χ1) is 15.1. The number of nitrogens with zero attached hydrogens (tertiary/aromatic N) is 5. The van der Waals surface area contributed by atoms with Gasteiger partial charge in [0.05, 0.1) is 5.69 Å². The number of aryl methyl sites for hydroxylation is 1. The highest BCUT2D eigenvalue weighted by atomic mass is 32.1. The van der Waals surface area contributed by atoms with E-state index in [4.69, 9.17) is 9.97 Å². The second-order valence-corrected chi connectivity index (χ2v) is 9.51. The van der Waals surface area contributed by atoms with Crippen LogP contribution in [0.15, 0.2) is 24.9 Å². The summed E-state index contributed by atoms with van der Waals surface area (Å²) in [4.78, 5) is 31.4. The normalized spacial score (nSPS) is 19.8. The number of nitrogens with one attached hydrogen (secondary N) is 2. The van der Waals surface area contributed by atoms with E-state index < -0.39 is 0 Å². The van der Waals surface area contributed by atoms with Crippen molar-refractivity contribution < 1.29 is 4.79 Å². The van der Waals surface area contributed by atoms with E-state index in [1.165, 1.54) is 25.3 Å². The molecule has 1 atom stereocenters. The molecule has 2 aliphatic rings. The van der Waals surface area contributed by atoms with E-state index in [9.17, 15) is 4.79 Å². The van der Waals surface area contributed by atoms with Crippen molar-refractivity contribution in [3.8, 4) is 0 Å². The van der Waals surface area contributed by atoms with Gasteiger partial charge in [-0.15, -0.1) is 11.3 Å². The number of carbonyl (C=O) groups excluding carboxylic acids is 1. The highest BCUT2D eigenvalue weighted by molar-refractivity contribution is 7.15. The molecule has 0 spiro atoms. The van der Waals surface area contributed by atoms with E-state index in [0.29, 0.717) is 12.5 Å². The van der Waals surface area contributed by atoms with Gasteiger partial charge in [0.25, 0.3) is 0 Å². The van der Waals surface area contributed by atoms with Crippen LogP contribution < -0.4 is 10.6 Å². The fourth-order valence-corrected chi connectivity index (χ4v) is 4.85. The van der Waals surface area contributed by atoms with E-state index in [1.54, 1.807) is 11.3 Å². The largest absolute Gasteiger partial charge is 0.350 e. The zero-order chi connectivity index (χ0) is 21.6. The van der Waals surface area contributed by atoms with Crippen molar-refractivity contribution in [1.82, 2.24) is 24.8 Å². The van der Waals surface area contributed by atoms with E-state index in [2.05, 4.69) is 27.1 Å². The number of likely N-dealkylation sites (tertiary alicyclic amines) is 2. The first-order valence-corrected chi connectivity index (χ1v) is 11.9. The Morgan fingerprint density at radius 2 is 2.10 bits per heavy atom. The van der Waals surface area contributed by atoms with Crippen LogP contribution in [0.3, 0.4) is 0 Å². The average molecular weight is 442 g/mol. The van der Waals surface area contributed by atoms with Crippen LogP contribution in [0.1, 0.15) is 42.7 Å². The van der Waals surface area contributed by atoms with Crippen molar-refractivity contribution in [3.05, 3.63) is 35.5 Å². The van der Waals surface area contributed by atoms with Gasteiger partial charge >= 0.3 is 0 Å². The molecule has 1 amide bonds. The number of piperidine rings is 2. The van der Waals surface area contributed by atoms with Gasteiger partial charge in [-0.25, -0.2) is 9.97 Å². The molecule has 2 aromatic rings. The summed E-state index contributed by atoms with van der Waals surface area (Å²) in [6.45, 7) is 10.1. The van der Waals surface area contributed by atoms with Crippen LogP contribution in [-0.4, -0.2) is 62.9 Å². The van der Waals surface area contributed by atoms with Gasteiger partial charge in [-0.05, 0) is 51.8 Å². The van der Waals surface area contributed by atoms with Crippen molar-refractivity contribution in [2.75, 3.05) is 36.8 Å². The van der Waals surface area contributed by atoms with Crippen LogP contribution in [-0.2, 0) is 11.3 Å². The summed E-state index contributed by atoms with van der Waals surface area (Å²) in [5.41, 5.74) is 0.991. The molecule has 31 heavy (non-hydrogen) atoms. The maximum absolute atomic E-state index is 12.0. The number of thiazole rings is 1. The molecular formula is C22H31N7OS. The molecule has 4 heterocycles. The Balaban J connectivity index is 1.51. The molecule has 2 fully saturated rings. The second-order valence-electron chi connectivity index (χ2n) is 8.28. The minimum atomic E-state index is -0.0206. The number of rotatable bonds is 7. The average Bonchev–Trinajstić information content (AvgIpc) is 3.18. The van der Waals surface area contributed by atoms with E-state index in [1.807, 2.05) is 24.1 Å². The lowest BCUT2D eigenvalue weighted by atomic mass is 10.1. The summed E-state index contributed by atoms with van der Waals surface area (Å²) in [5.74, 6) is 1.32. The summed E-state index contributed by atoms with van der Waals surface area (Å²) in [7, 11) is 0. The molecule has 2 saturated heterocycles. The van der Waals surface area contributed by atoms with E-state index in [0.717, 1.165) is 60.5 Å². The van der Waals surface area contributed by atoms with Crippen LogP contribution in [0.5, 0.6) is 0 Å². The van der Waals surface area contributed by atoms with Crippen molar-refractivity contribution in [1.29, 1.82) is 0 Å². The monoisotopic (exact) mass is 441 g/mol. The van der Waals surface area contributed by atoms with Gasteiger partial charge in [-0.2, -0.15) is 4.98 Å². The van der Waals surface area contributed by atoms with Crippen LogP contribution in [0.2, 0.25) is 0 Å². The van der Waals surface area contributed by atoms with E-state index >= 15 is 0 Å². The third-order valence-corrected chi connectivity index (χ3v) is 6.54. The molecule has 0 aliphatic carbocycles. The summed E-state index contributed by atoms with van der Waals surface area (Å²) < 4.78 is 0. The van der Waals surface area contributed by atoms with Crippen LogP contribution in [0.25, 0.3) is 0 Å². The van der Waals surface area contributed by atoms with Gasteiger partial charge in [0, 0.05) is 42.8 Å². The molecule has 0 aromatic carbocycles. The number of hydrogen-bond donors (Lipinski definition) is 2. The smallest absolute Gasteiger partial charge is 0.246 e. The number of amides is 1. The molecule has 0 saturated carbocycles. The minimum absolute atomic E-state index is 0.0206. The highest BCUT2D eigenvalue weighted by Crippen LogP contribution is 2.23. The number of hydrogen-bond acceptors (Lipinski definition) is 8. The lowest BCUT2D eigenvalue weighted by Gasteiger charge is -2.32. The molecule has 2 aliphatic heterocycles. The Labute approximate surface area is 187 Å². The summed E-state index contributed by atoms with van der Waals surface area (Å²) in [5, 5.41) is 7.63. The zero-order valence-electron chi connectivity index (χ0n) is 18.1. The molecule has 0 bridgehead atoms. The Morgan fingerprint density at radius 3 is 2.84 bits per heavy atom. The quantitative estimate of drug-likeness (QED) is 0.635. The SMILES string of the molecule is C=CC(=O)N1CCC[C@H](Nc2nc(CN3CCCCC3)cc(Nc3ncc(C)s3)n2)C1. The number of aromatic nitrogens is 3. The van der Waals surface area contributed by atoms with Gasteiger partial charge in [0.2, 0.25) is 11.9 Å². The Hall–Kier alpha value is -2.52. The van der Waals surface area contributed by atoms with Crippen molar-refractivity contribution in [3.63, 3.8) is 0 Å². The fourth-order valence-electron chi connectivity index (χ4n) is 4.18. The number of anilines is 3. The maximum atomic E-state index is 12.0. The summed E-state index contributed by atoms with van der Waals surface area (Å²) in [6, 6.07) is 2.14. The Morgan fingerprint density at radius 1 is 1.26 bits per heavy atom. The van der Waals surface area contributed by atoms with Crippen molar-refractivity contribution in [2.24, 2.45) is 0 Å². The van der Waals surface area contributed by atoms with Gasteiger partial charge in [-0.1, -0.05) is 13.0 Å². The summed E-state index contributed by atoms with van der Waals surface area (Å²) in [6.07, 6.45) is 8.98. The predicted molar refractivity (Wildman–Crippen MR) is 125 cm³/mol. The first-order valence-electron chi connectivity index (χ1n) is 11.1. The molecule has 166 valence electrons. The molecule has 4 rings (SSSR count). The second kappa shape index (κ2) is 10.2. The Kier molecular flexibility index (Phi) is 7.14. The van der Waals surface area contributed by atoms with Gasteiger partial charge in [-0.3, -0.25) is 9.69 Å². The molecule has 2 aromatic heterocycles. The molecule has 8 nitrogen and oxygen atoms in total. The van der Waals surface area contributed by atoms with E-state index in [-0.39, 0.29) is 11.9 Å². The van der Waals surface area contributed by atoms with Crippen LogP contribution in [0.4, 0.5) is 16.9 Å². The third-order valence-electron chi connectivity index (χ3n) is 5.71. The third kappa shape index (κ3) is 6.01. The first kappa shape index (κ1) is 21.7. The topological polar surface area (TPSA) is 86.3 Å². The Bertz CT molecular complexity index is 909. The lowest BCUT2D eigenvalue weighted by Crippen LogP contribution is -2.44. The highest BCUT2D eigenvalue weighted by Gasteiger charge is 2.23. The maximum Gasteiger partial charge on any atom is 0.246 e.